The van der Waals surface area contributed by atoms with Crippen LogP contribution >= 0.6 is 0 Å². The molecule has 21 heavy (non-hydrogen) atoms. The lowest BCUT2D eigenvalue weighted by atomic mass is 10.2. The summed E-state index contributed by atoms with van der Waals surface area (Å²) in [4.78, 5) is 21.3. The van der Waals surface area contributed by atoms with Crippen molar-refractivity contribution in [2.45, 2.75) is 18.2 Å². The van der Waals surface area contributed by atoms with Gasteiger partial charge in [0, 0.05) is 6.54 Å². The molecule has 0 saturated carbocycles. The van der Waals surface area contributed by atoms with Gasteiger partial charge in [0.1, 0.15) is 5.82 Å². The first kappa shape index (κ1) is 17.1. The number of carbonyl (C=O) groups excluding carboxylic acids is 1. The molecule has 0 aliphatic carbocycles. The van der Waals surface area contributed by atoms with Crippen molar-refractivity contribution in [3.05, 3.63) is 29.6 Å². The monoisotopic (exact) mass is 319 g/mol. The minimum absolute atomic E-state index is 0.165. The molecule has 0 saturated heterocycles. The maximum absolute atomic E-state index is 13.1. The first-order valence-electron chi connectivity index (χ1n) is 5.96. The van der Waals surface area contributed by atoms with Gasteiger partial charge in [0.25, 0.3) is 0 Å². The van der Waals surface area contributed by atoms with E-state index in [4.69, 9.17) is 5.11 Å². The Labute approximate surface area is 120 Å². The highest BCUT2D eigenvalue weighted by molar-refractivity contribution is 7.89. The summed E-state index contributed by atoms with van der Waals surface area (Å²) in [5, 5.41) is 8.91. The lowest BCUT2D eigenvalue weighted by Crippen LogP contribution is -2.28. The van der Waals surface area contributed by atoms with Crippen LogP contribution in [0.4, 0.5) is 4.39 Å². The van der Waals surface area contributed by atoms with Gasteiger partial charge in [-0.05, 0) is 25.1 Å². The van der Waals surface area contributed by atoms with E-state index in [9.17, 15) is 22.4 Å². The molecule has 116 valence electrons. The van der Waals surface area contributed by atoms with Gasteiger partial charge < -0.3 is 9.84 Å². The maximum Gasteiger partial charge on any atom is 0.337 e. The van der Waals surface area contributed by atoms with Crippen molar-refractivity contribution in [3.63, 3.8) is 0 Å². The van der Waals surface area contributed by atoms with Crippen molar-refractivity contribution in [2.75, 3.05) is 13.2 Å². The zero-order valence-corrected chi connectivity index (χ0v) is 11.9. The number of carboxylic acid groups (broad SMARTS) is 1. The van der Waals surface area contributed by atoms with Crippen LogP contribution in [-0.4, -0.2) is 38.6 Å². The predicted molar refractivity (Wildman–Crippen MR) is 69.8 cm³/mol. The van der Waals surface area contributed by atoms with Crippen LogP contribution in [0.15, 0.2) is 23.1 Å². The van der Waals surface area contributed by atoms with E-state index in [1.54, 1.807) is 6.92 Å². The maximum atomic E-state index is 13.1. The average molecular weight is 319 g/mol. The molecule has 0 aromatic heterocycles. The Kier molecular flexibility index (Phi) is 5.79. The van der Waals surface area contributed by atoms with Crippen LogP contribution in [0.3, 0.4) is 0 Å². The number of halogens is 1. The third kappa shape index (κ3) is 4.80. The van der Waals surface area contributed by atoms with Gasteiger partial charge in [-0.2, -0.15) is 0 Å². The standard InChI is InChI=1S/C12H14FNO6S/c1-2-20-11(15)5-6-14-21(18,19)10-7-8(13)3-4-9(10)12(16)17/h3-4,7,14H,2,5-6H2,1H3,(H,16,17). The zero-order chi connectivity index (χ0) is 16.0. The highest BCUT2D eigenvalue weighted by Crippen LogP contribution is 2.17. The van der Waals surface area contributed by atoms with Gasteiger partial charge >= 0.3 is 11.9 Å². The topological polar surface area (TPSA) is 110 Å². The van der Waals surface area contributed by atoms with E-state index in [0.29, 0.717) is 6.07 Å². The Morgan fingerprint density at radius 3 is 2.62 bits per heavy atom. The highest BCUT2D eigenvalue weighted by Gasteiger charge is 2.23. The van der Waals surface area contributed by atoms with Crippen molar-refractivity contribution < 1.29 is 32.2 Å². The van der Waals surface area contributed by atoms with Gasteiger partial charge in [0.2, 0.25) is 10.0 Å². The summed E-state index contributed by atoms with van der Waals surface area (Å²) in [6.07, 6.45) is -0.217. The molecule has 0 spiro atoms. The van der Waals surface area contributed by atoms with E-state index in [1.807, 2.05) is 4.72 Å². The molecule has 0 atom stereocenters. The number of hydrogen-bond acceptors (Lipinski definition) is 5. The largest absolute Gasteiger partial charge is 0.478 e. The summed E-state index contributed by atoms with van der Waals surface area (Å²) in [5.41, 5.74) is -0.556. The minimum Gasteiger partial charge on any atom is -0.478 e. The number of esters is 1. The van der Waals surface area contributed by atoms with Crippen molar-refractivity contribution >= 4 is 22.0 Å². The Bertz CT molecular complexity index is 643. The number of hydrogen-bond donors (Lipinski definition) is 2. The number of ether oxygens (including phenoxy) is 1. The summed E-state index contributed by atoms with van der Waals surface area (Å²) < 4.78 is 43.7. The van der Waals surface area contributed by atoms with Crippen LogP contribution in [0, 0.1) is 5.82 Å². The second-order valence-corrected chi connectivity index (χ2v) is 5.63. The number of sulfonamides is 1. The normalized spacial score (nSPS) is 11.1. The lowest BCUT2D eigenvalue weighted by molar-refractivity contribution is -0.142. The lowest BCUT2D eigenvalue weighted by Gasteiger charge is -2.09. The number of nitrogens with one attached hydrogen (secondary N) is 1. The fourth-order valence-corrected chi connectivity index (χ4v) is 2.73. The predicted octanol–water partition coefficient (Wildman–Crippen LogP) is 0.755. The summed E-state index contributed by atoms with van der Waals surface area (Å²) >= 11 is 0. The molecule has 0 bridgehead atoms. The molecular formula is C12H14FNO6S. The van der Waals surface area contributed by atoms with Gasteiger partial charge in [-0.15, -0.1) is 0 Å². The quantitative estimate of drug-likeness (QED) is 0.718. The molecule has 0 aliphatic rings. The van der Waals surface area contributed by atoms with E-state index in [1.165, 1.54) is 0 Å². The average Bonchev–Trinajstić information content (AvgIpc) is 2.38. The van der Waals surface area contributed by atoms with Gasteiger partial charge in [0.15, 0.2) is 0 Å². The number of rotatable bonds is 7. The van der Waals surface area contributed by atoms with Crippen LogP contribution in [-0.2, 0) is 19.6 Å². The molecule has 7 nitrogen and oxygen atoms in total. The molecule has 0 radical (unpaired) electrons. The van der Waals surface area contributed by atoms with Crippen LogP contribution in [0.25, 0.3) is 0 Å². The second-order valence-electron chi connectivity index (χ2n) is 3.90. The highest BCUT2D eigenvalue weighted by atomic mass is 32.2. The summed E-state index contributed by atoms with van der Waals surface area (Å²) in [6.45, 7) is 1.49. The smallest absolute Gasteiger partial charge is 0.337 e. The molecule has 9 heteroatoms. The SMILES string of the molecule is CCOC(=O)CCNS(=O)(=O)c1cc(F)ccc1C(=O)O. The van der Waals surface area contributed by atoms with E-state index >= 15 is 0 Å². The summed E-state index contributed by atoms with van der Waals surface area (Å²) in [6, 6.07) is 2.31. The van der Waals surface area contributed by atoms with Crippen LogP contribution in [0.1, 0.15) is 23.7 Å². The molecule has 0 amide bonds. The Morgan fingerprint density at radius 2 is 2.05 bits per heavy atom. The van der Waals surface area contributed by atoms with Gasteiger partial charge in [0.05, 0.1) is 23.5 Å². The molecule has 1 aromatic carbocycles. The Morgan fingerprint density at radius 1 is 1.38 bits per heavy atom. The van der Waals surface area contributed by atoms with Crippen molar-refractivity contribution in [1.82, 2.24) is 4.72 Å². The van der Waals surface area contributed by atoms with E-state index in [2.05, 4.69) is 4.74 Å². The van der Waals surface area contributed by atoms with Gasteiger partial charge in [-0.25, -0.2) is 22.3 Å². The molecular weight excluding hydrogens is 305 g/mol. The summed E-state index contributed by atoms with van der Waals surface area (Å²) in [5.74, 6) is -2.98. The Hall–Kier alpha value is -2.00. The molecule has 0 unspecified atom stereocenters. The molecule has 2 N–H and O–H groups in total. The zero-order valence-electron chi connectivity index (χ0n) is 11.1. The van der Waals surface area contributed by atoms with Crippen LogP contribution in [0.2, 0.25) is 0 Å². The van der Waals surface area contributed by atoms with Crippen molar-refractivity contribution in [1.29, 1.82) is 0 Å². The third-order valence-corrected chi connectivity index (χ3v) is 3.89. The third-order valence-electron chi connectivity index (χ3n) is 2.39. The van der Waals surface area contributed by atoms with Crippen molar-refractivity contribution in [2.24, 2.45) is 0 Å². The molecule has 0 fully saturated rings. The molecule has 1 aromatic rings. The fraction of sp³-hybridized carbons (Fsp3) is 0.333. The van der Waals surface area contributed by atoms with E-state index < -0.39 is 38.2 Å². The van der Waals surface area contributed by atoms with Crippen molar-refractivity contribution in [3.8, 4) is 0 Å². The molecule has 1 rings (SSSR count). The Balaban J connectivity index is 2.90. The second kappa shape index (κ2) is 7.14. The van der Waals surface area contributed by atoms with E-state index in [-0.39, 0.29) is 19.6 Å². The molecule has 0 heterocycles. The van der Waals surface area contributed by atoms with E-state index in [0.717, 1.165) is 12.1 Å². The van der Waals surface area contributed by atoms with Crippen LogP contribution < -0.4 is 4.72 Å². The number of carbonyl (C=O) groups is 2. The first-order chi connectivity index (χ1) is 9.77. The number of benzene rings is 1. The number of aromatic carboxylic acids is 1. The number of carboxylic acids is 1. The van der Waals surface area contributed by atoms with Gasteiger partial charge in [-0.3, -0.25) is 4.79 Å². The minimum atomic E-state index is -4.25. The fourth-order valence-electron chi connectivity index (χ4n) is 1.49. The van der Waals surface area contributed by atoms with Gasteiger partial charge in [-0.1, -0.05) is 0 Å². The van der Waals surface area contributed by atoms with Crippen LogP contribution in [0.5, 0.6) is 0 Å². The summed E-state index contributed by atoms with van der Waals surface area (Å²) in [7, 11) is -4.25. The molecule has 0 aliphatic heterocycles. The first-order valence-corrected chi connectivity index (χ1v) is 7.44.